The van der Waals surface area contributed by atoms with Crippen LogP contribution in [0.5, 0.6) is 0 Å². The van der Waals surface area contributed by atoms with Gasteiger partial charge < -0.3 is 16.0 Å². The molecule has 1 amide bonds. The van der Waals surface area contributed by atoms with Gasteiger partial charge in [0.05, 0.1) is 18.2 Å². The molecule has 0 spiro atoms. The van der Waals surface area contributed by atoms with Crippen molar-refractivity contribution in [2.24, 2.45) is 5.92 Å². The van der Waals surface area contributed by atoms with Gasteiger partial charge in [-0.15, -0.1) is 0 Å². The number of allylic oxidation sites excluding steroid dienone is 1. The summed E-state index contributed by atoms with van der Waals surface area (Å²) in [5.74, 6) is 1.07. The summed E-state index contributed by atoms with van der Waals surface area (Å²) < 4.78 is 3.99. The SMILES string of the molecule is CC1(c2cc(C3CCN(C(=O)C4CNC4)C3)n3ncnc(N)c23)C=Cc2cn(Cc3ccccc3)nc2C1. The number of nitrogens with zero attached hydrogens (tertiary/aromatic N) is 6. The fourth-order valence-corrected chi connectivity index (χ4v) is 6.21. The number of hydrogen-bond donors (Lipinski definition) is 2. The lowest BCUT2D eigenvalue weighted by molar-refractivity contribution is -0.136. The minimum absolute atomic E-state index is 0.119. The number of benzene rings is 1. The van der Waals surface area contributed by atoms with Crippen molar-refractivity contribution in [3.05, 3.63) is 83.1 Å². The Labute approximate surface area is 221 Å². The molecule has 0 saturated carbocycles. The third-order valence-corrected chi connectivity index (χ3v) is 8.50. The van der Waals surface area contributed by atoms with E-state index in [1.165, 1.54) is 11.9 Å². The number of hydrogen-bond acceptors (Lipinski definition) is 6. The molecule has 4 aromatic rings. The highest BCUT2D eigenvalue weighted by Crippen LogP contribution is 2.42. The average molecular weight is 509 g/mol. The van der Waals surface area contributed by atoms with Gasteiger partial charge in [0.1, 0.15) is 11.8 Å². The molecule has 3 aromatic heterocycles. The van der Waals surface area contributed by atoms with Gasteiger partial charge >= 0.3 is 0 Å². The molecule has 2 unspecified atom stereocenters. The lowest BCUT2D eigenvalue weighted by Gasteiger charge is -2.30. The number of anilines is 1. The highest BCUT2D eigenvalue weighted by Gasteiger charge is 2.38. The molecule has 2 saturated heterocycles. The van der Waals surface area contributed by atoms with Crippen LogP contribution in [0.3, 0.4) is 0 Å². The zero-order chi connectivity index (χ0) is 25.9. The number of nitrogens with one attached hydrogen (secondary N) is 1. The molecule has 38 heavy (non-hydrogen) atoms. The van der Waals surface area contributed by atoms with Crippen LogP contribution in [0.25, 0.3) is 11.6 Å². The first-order valence-corrected chi connectivity index (χ1v) is 13.4. The number of nitrogen functional groups attached to an aromatic ring is 1. The fourth-order valence-electron chi connectivity index (χ4n) is 6.21. The molecular formula is C29H32N8O. The molecule has 0 bridgehead atoms. The number of carbonyl (C=O) groups is 1. The van der Waals surface area contributed by atoms with Crippen molar-refractivity contribution >= 4 is 23.3 Å². The van der Waals surface area contributed by atoms with E-state index in [-0.39, 0.29) is 23.2 Å². The first-order chi connectivity index (χ1) is 18.5. The normalized spacial score (nSPS) is 23.1. The van der Waals surface area contributed by atoms with Gasteiger partial charge in [-0.25, -0.2) is 9.50 Å². The van der Waals surface area contributed by atoms with E-state index < -0.39 is 0 Å². The van der Waals surface area contributed by atoms with E-state index in [1.807, 2.05) is 20.2 Å². The van der Waals surface area contributed by atoms with Crippen molar-refractivity contribution in [1.29, 1.82) is 0 Å². The maximum atomic E-state index is 12.9. The van der Waals surface area contributed by atoms with Crippen LogP contribution in [-0.2, 0) is 23.2 Å². The Balaban J connectivity index is 1.20. The number of aromatic nitrogens is 5. The van der Waals surface area contributed by atoms with Gasteiger partial charge in [-0.2, -0.15) is 10.2 Å². The maximum Gasteiger partial charge on any atom is 0.228 e. The van der Waals surface area contributed by atoms with Crippen molar-refractivity contribution in [3.8, 4) is 0 Å². The molecule has 194 valence electrons. The quantitative estimate of drug-likeness (QED) is 0.429. The van der Waals surface area contributed by atoms with Crippen molar-refractivity contribution in [2.45, 2.75) is 37.6 Å². The fraction of sp³-hybridized carbons (Fsp3) is 0.379. The van der Waals surface area contributed by atoms with Crippen LogP contribution in [0.1, 0.15) is 47.3 Å². The van der Waals surface area contributed by atoms with Crippen molar-refractivity contribution in [1.82, 2.24) is 34.6 Å². The van der Waals surface area contributed by atoms with E-state index >= 15 is 0 Å². The molecule has 5 heterocycles. The molecule has 0 radical (unpaired) electrons. The van der Waals surface area contributed by atoms with Gasteiger partial charge in [0.2, 0.25) is 5.91 Å². The molecule has 9 heteroatoms. The standard InChI is InChI=1S/C29H32N8O/c1-29(9-7-20-17-36(34-24(20)12-29)15-19-5-3-2-4-6-19)23-11-25(37-26(23)27(30)32-18-33-37)21-8-10-35(16-21)28(38)22-13-31-14-22/h2-7,9,11,17-18,21-22,31H,8,10,12-16H2,1H3,(H2,30,32,33). The van der Waals surface area contributed by atoms with Crippen LogP contribution in [0.15, 0.2) is 55.0 Å². The Morgan fingerprint density at radius 3 is 2.87 bits per heavy atom. The smallest absolute Gasteiger partial charge is 0.228 e. The first-order valence-electron chi connectivity index (χ1n) is 13.4. The number of rotatable bonds is 5. The molecule has 2 atom stereocenters. The predicted molar refractivity (Wildman–Crippen MR) is 146 cm³/mol. The molecule has 9 nitrogen and oxygen atoms in total. The van der Waals surface area contributed by atoms with Gasteiger partial charge in [0.15, 0.2) is 5.82 Å². The Kier molecular flexibility index (Phi) is 5.36. The summed E-state index contributed by atoms with van der Waals surface area (Å²) in [7, 11) is 0. The van der Waals surface area contributed by atoms with Crippen LogP contribution in [-0.4, -0.2) is 61.4 Å². The Morgan fingerprint density at radius 1 is 1.24 bits per heavy atom. The Morgan fingerprint density at radius 2 is 2.08 bits per heavy atom. The minimum Gasteiger partial charge on any atom is -0.382 e. The van der Waals surface area contributed by atoms with E-state index in [9.17, 15) is 4.79 Å². The van der Waals surface area contributed by atoms with Crippen molar-refractivity contribution in [3.63, 3.8) is 0 Å². The van der Waals surface area contributed by atoms with E-state index in [2.05, 4.69) is 71.0 Å². The second-order valence-corrected chi connectivity index (χ2v) is 11.2. The van der Waals surface area contributed by atoms with Crippen molar-refractivity contribution < 1.29 is 4.79 Å². The zero-order valence-electron chi connectivity index (χ0n) is 21.5. The molecule has 2 aliphatic heterocycles. The van der Waals surface area contributed by atoms with Crippen LogP contribution < -0.4 is 11.1 Å². The second kappa shape index (κ2) is 8.80. The van der Waals surface area contributed by atoms with Gasteiger partial charge in [0.25, 0.3) is 0 Å². The van der Waals surface area contributed by atoms with E-state index in [4.69, 9.17) is 10.8 Å². The topological polar surface area (TPSA) is 106 Å². The van der Waals surface area contributed by atoms with Gasteiger partial charge in [-0.1, -0.05) is 49.4 Å². The number of fused-ring (bicyclic) bond motifs is 2. The number of nitrogens with two attached hydrogens (primary N) is 1. The van der Waals surface area contributed by atoms with Gasteiger partial charge in [-0.05, 0) is 23.6 Å². The third-order valence-electron chi connectivity index (χ3n) is 8.50. The highest BCUT2D eigenvalue weighted by atomic mass is 16.2. The second-order valence-electron chi connectivity index (χ2n) is 11.2. The zero-order valence-corrected chi connectivity index (χ0v) is 21.5. The van der Waals surface area contributed by atoms with Crippen LogP contribution >= 0.6 is 0 Å². The number of carbonyl (C=O) groups excluding carboxylic acids is 1. The average Bonchev–Trinajstić information content (AvgIpc) is 3.60. The van der Waals surface area contributed by atoms with E-state index in [1.54, 1.807) is 0 Å². The van der Waals surface area contributed by atoms with Crippen LogP contribution in [0.2, 0.25) is 0 Å². The molecule has 3 N–H and O–H groups in total. The maximum absolute atomic E-state index is 12.9. The summed E-state index contributed by atoms with van der Waals surface area (Å²) in [5.41, 5.74) is 12.7. The summed E-state index contributed by atoms with van der Waals surface area (Å²) in [6, 6.07) is 12.6. The molecular weight excluding hydrogens is 476 g/mol. The van der Waals surface area contributed by atoms with E-state index in [0.29, 0.717) is 12.4 Å². The summed E-state index contributed by atoms with van der Waals surface area (Å²) in [5, 5.41) is 12.8. The molecule has 2 fully saturated rings. The predicted octanol–water partition coefficient (Wildman–Crippen LogP) is 2.62. The summed E-state index contributed by atoms with van der Waals surface area (Å²) in [6.07, 6.45) is 9.78. The minimum atomic E-state index is -0.313. The van der Waals surface area contributed by atoms with Gasteiger partial charge in [-0.3, -0.25) is 9.48 Å². The molecule has 1 aliphatic carbocycles. The van der Waals surface area contributed by atoms with Crippen LogP contribution in [0, 0.1) is 5.92 Å². The Bertz CT molecular complexity index is 1550. The highest BCUT2D eigenvalue weighted by molar-refractivity contribution is 5.81. The molecule has 7 rings (SSSR count). The van der Waals surface area contributed by atoms with Gasteiger partial charge in [0, 0.05) is 61.4 Å². The Hall–Kier alpha value is -3.98. The summed E-state index contributed by atoms with van der Waals surface area (Å²) in [6.45, 7) is 6.05. The van der Waals surface area contributed by atoms with E-state index in [0.717, 1.165) is 67.1 Å². The van der Waals surface area contributed by atoms with Crippen molar-refractivity contribution in [2.75, 3.05) is 31.9 Å². The molecule has 3 aliphatic rings. The largest absolute Gasteiger partial charge is 0.382 e. The lowest BCUT2D eigenvalue weighted by atomic mass is 9.75. The number of amides is 1. The summed E-state index contributed by atoms with van der Waals surface area (Å²) in [4.78, 5) is 19.2. The van der Waals surface area contributed by atoms with Crippen LogP contribution in [0.4, 0.5) is 5.82 Å². The third kappa shape index (κ3) is 3.80. The number of likely N-dealkylation sites (tertiary alicyclic amines) is 1. The lowest BCUT2D eigenvalue weighted by Crippen LogP contribution is -2.51. The monoisotopic (exact) mass is 508 g/mol. The summed E-state index contributed by atoms with van der Waals surface area (Å²) >= 11 is 0. The molecule has 1 aromatic carbocycles. The first kappa shape index (κ1) is 23.2.